The van der Waals surface area contributed by atoms with Crippen molar-refractivity contribution in [2.45, 2.75) is 65.2 Å². The third-order valence-corrected chi connectivity index (χ3v) is 2.53. The van der Waals surface area contributed by atoms with Crippen LogP contribution in [0, 0.1) is 0 Å². The largest absolute Gasteiger partial charge is 0.450 e. The Morgan fingerprint density at radius 1 is 0.938 bits per heavy atom. The Morgan fingerprint density at radius 3 is 2.19 bits per heavy atom. The van der Waals surface area contributed by atoms with Gasteiger partial charge in [0.1, 0.15) is 0 Å². The van der Waals surface area contributed by atoms with Crippen molar-refractivity contribution in [1.29, 1.82) is 0 Å². The summed E-state index contributed by atoms with van der Waals surface area (Å²) in [5, 5.41) is 2.77. The lowest BCUT2D eigenvalue weighted by Gasteiger charge is -2.06. The number of hydrogen-bond donors (Lipinski definition) is 1. The van der Waals surface area contributed by atoms with Crippen LogP contribution in [0.3, 0.4) is 0 Å². The quantitative estimate of drug-likeness (QED) is 0.577. The second-order valence-corrected chi connectivity index (χ2v) is 4.18. The van der Waals surface area contributed by atoms with Gasteiger partial charge in [-0.1, -0.05) is 52.4 Å². The Kier molecular flexibility index (Phi) is 11.8. The fourth-order valence-corrected chi connectivity index (χ4v) is 1.49. The van der Waals surface area contributed by atoms with Crippen LogP contribution in [-0.4, -0.2) is 19.2 Å². The second kappa shape index (κ2) is 12.3. The van der Waals surface area contributed by atoms with Crippen molar-refractivity contribution < 1.29 is 9.53 Å². The van der Waals surface area contributed by atoms with Crippen molar-refractivity contribution in [2.24, 2.45) is 0 Å². The third kappa shape index (κ3) is 11.3. The first-order valence-corrected chi connectivity index (χ1v) is 6.71. The van der Waals surface area contributed by atoms with Crippen molar-refractivity contribution in [3.05, 3.63) is 0 Å². The molecule has 0 aromatic heterocycles. The van der Waals surface area contributed by atoms with Crippen LogP contribution in [0.5, 0.6) is 0 Å². The molecule has 16 heavy (non-hydrogen) atoms. The highest BCUT2D eigenvalue weighted by molar-refractivity contribution is 5.66. The Labute approximate surface area is 99.9 Å². The number of unbranched alkanes of at least 4 members (excludes halogenated alkanes) is 6. The standard InChI is InChI=1S/C13H27NO2/c1-3-5-7-9-11-14-13(15)16-12-10-8-6-4-2/h3-12H2,1-2H3,(H,14,15). The minimum atomic E-state index is -0.256. The lowest BCUT2D eigenvalue weighted by Crippen LogP contribution is -2.25. The van der Waals surface area contributed by atoms with Gasteiger partial charge in [-0.3, -0.25) is 0 Å². The van der Waals surface area contributed by atoms with Gasteiger partial charge in [-0.2, -0.15) is 0 Å². The van der Waals surface area contributed by atoms with Gasteiger partial charge in [0.2, 0.25) is 0 Å². The molecule has 0 aliphatic rings. The van der Waals surface area contributed by atoms with E-state index in [0.717, 1.165) is 25.8 Å². The summed E-state index contributed by atoms with van der Waals surface area (Å²) in [4.78, 5) is 11.2. The van der Waals surface area contributed by atoms with Crippen molar-refractivity contribution in [2.75, 3.05) is 13.2 Å². The number of amides is 1. The number of alkyl carbamates (subject to hydrolysis) is 1. The van der Waals surface area contributed by atoms with E-state index in [1.54, 1.807) is 0 Å². The Balaban J connectivity index is 3.12. The summed E-state index contributed by atoms with van der Waals surface area (Å²) in [6.45, 7) is 5.65. The smallest absolute Gasteiger partial charge is 0.407 e. The van der Waals surface area contributed by atoms with Gasteiger partial charge in [-0.05, 0) is 12.8 Å². The van der Waals surface area contributed by atoms with Crippen LogP contribution in [0.1, 0.15) is 65.2 Å². The van der Waals surface area contributed by atoms with Gasteiger partial charge in [0.15, 0.2) is 0 Å². The molecule has 0 aromatic carbocycles. The van der Waals surface area contributed by atoms with Gasteiger partial charge in [0.25, 0.3) is 0 Å². The Morgan fingerprint density at radius 2 is 1.56 bits per heavy atom. The van der Waals surface area contributed by atoms with E-state index in [-0.39, 0.29) is 6.09 Å². The van der Waals surface area contributed by atoms with Crippen molar-refractivity contribution >= 4 is 6.09 Å². The monoisotopic (exact) mass is 229 g/mol. The number of carbonyl (C=O) groups is 1. The third-order valence-electron chi connectivity index (χ3n) is 2.53. The number of rotatable bonds is 10. The molecule has 96 valence electrons. The van der Waals surface area contributed by atoms with Crippen LogP contribution in [0.2, 0.25) is 0 Å². The zero-order valence-electron chi connectivity index (χ0n) is 10.9. The summed E-state index contributed by atoms with van der Waals surface area (Å²) in [5.41, 5.74) is 0. The first-order chi connectivity index (χ1) is 7.81. The van der Waals surface area contributed by atoms with Crippen LogP contribution in [0.25, 0.3) is 0 Å². The molecular formula is C13H27NO2. The minimum Gasteiger partial charge on any atom is -0.450 e. The molecule has 0 heterocycles. The summed E-state index contributed by atoms with van der Waals surface area (Å²) in [6.07, 6.45) is 9.03. The normalized spacial score (nSPS) is 10.1. The lowest BCUT2D eigenvalue weighted by atomic mass is 10.2. The van der Waals surface area contributed by atoms with Gasteiger partial charge in [0, 0.05) is 6.54 Å². The summed E-state index contributed by atoms with van der Waals surface area (Å²) >= 11 is 0. The van der Waals surface area contributed by atoms with Crippen molar-refractivity contribution in [3.63, 3.8) is 0 Å². The zero-order chi connectivity index (χ0) is 12.1. The second-order valence-electron chi connectivity index (χ2n) is 4.18. The number of carbonyl (C=O) groups excluding carboxylic acids is 1. The van der Waals surface area contributed by atoms with Crippen molar-refractivity contribution in [1.82, 2.24) is 5.32 Å². The molecule has 0 saturated carbocycles. The molecule has 0 aromatic rings. The Hall–Kier alpha value is -0.730. The average Bonchev–Trinajstić information content (AvgIpc) is 2.28. The topological polar surface area (TPSA) is 38.3 Å². The van der Waals surface area contributed by atoms with E-state index >= 15 is 0 Å². The highest BCUT2D eigenvalue weighted by atomic mass is 16.5. The van der Waals surface area contributed by atoms with Crippen molar-refractivity contribution in [3.8, 4) is 0 Å². The molecule has 1 amide bonds. The van der Waals surface area contributed by atoms with Crippen LogP contribution in [0.4, 0.5) is 4.79 Å². The van der Waals surface area contributed by atoms with E-state index in [1.165, 1.54) is 32.1 Å². The summed E-state index contributed by atoms with van der Waals surface area (Å²) < 4.78 is 5.05. The average molecular weight is 229 g/mol. The molecule has 0 saturated heterocycles. The van der Waals surface area contributed by atoms with Crippen LogP contribution >= 0.6 is 0 Å². The predicted octanol–water partition coefficient (Wildman–Crippen LogP) is 3.87. The number of ether oxygens (including phenoxy) is 1. The molecule has 0 aliphatic carbocycles. The molecule has 3 heteroatoms. The molecule has 0 spiro atoms. The first kappa shape index (κ1) is 15.3. The van der Waals surface area contributed by atoms with Gasteiger partial charge in [-0.25, -0.2) is 4.79 Å². The minimum absolute atomic E-state index is 0.256. The van der Waals surface area contributed by atoms with Gasteiger partial charge in [-0.15, -0.1) is 0 Å². The molecule has 0 bridgehead atoms. The van der Waals surface area contributed by atoms with Gasteiger partial charge >= 0.3 is 6.09 Å². The number of hydrogen-bond acceptors (Lipinski definition) is 2. The van der Waals surface area contributed by atoms with Crippen LogP contribution in [0.15, 0.2) is 0 Å². The molecule has 0 fully saturated rings. The maximum Gasteiger partial charge on any atom is 0.407 e. The Bertz CT molecular complexity index is 144. The molecule has 0 unspecified atom stereocenters. The van der Waals surface area contributed by atoms with Gasteiger partial charge in [0.05, 0.1) is 6.61 Å². The SMILES string of the molecule is CCCCCCNC(=O)OCCCCCC. The lowest BCUT2D eigenvalue weighted by molar-refractivity contribution is 0.143. The molecule has 0 atom stereocenters. The van der Waals surface area contributed by atoms with E-state index in [2.05, 4.69) is 19.2 Å². The zero-order valence-corrected chi connectivity index (χ0v) is 10.9. The number of nitrogens with one attached hydrogen (secondary N) is 1. The fraction of sp³-hybridized carbons (Fsp3) is 0.923. The fourth-order valence-electron chi connectivity index (χ4n) is 1.49. The predicted molar refractivity (Wildman–Crippen MR) is 67.6 cm³/mol. The molecule has 1 N–H and O–H groups in total. The first-order valence-electron chi connectivity index (χ1n) is 6.71. The van der Waals surface area contributed by atoms with E-state index in [0.29, 0.717) is 6.61 Å². The molecular weight excluding hydrogens is 202 g/mol. The van der Waals surface area contributed by atoms with E-state index in [1.807, 2.05) is 0 Å². The maximum absolute atomic E-state index is 11.2. The highest BCUT2D eigenvalue weighted by Crippen LogP contribution is 1.99. The van der Waals surface area contributed by atoms with Gasteiger partial charge < -0.3 is 10.1 Å². The summed E-state index contributed by atoms with van der Waals surface area (Å²) in [6, 6.07) is 0. The summed E-state index contributed by atoms with van der Waals surface area (Å²) in [5.74, 6) is 0. The van der Waals surface area contributed by atoms with E-state index in [4.69, 9.17) is 4.74 Å². The molecule has 0 radical (unpaired) electrons. The molecule has 0 aliphatic heterocycles. The van der Waals surface area contributed by atoms with Crippen LogP contribution < -0.4 is 5.32 Å². The van der Waals surface area contributed by atoms with E-state index < -0.39 is 0 Å². The highest BCUT2D eigenvalue weighted by Gasteiger charge is 1.99. The maximum atomic E-state index is 11.2. The molecule has 3 nitrogen and oxygen atoms in total. The van der Waals surface area contributed by atoms with Crippen LogP contribution in [-0.2, 0) is 4.74 Å². The molecule has 0 rings (SSSR count). The summed E-state index contributed by atoms with van der Waals surface area (Å²) in [7, 11) is 0. The van der Waals surface area contributed by atoms with E-state index in [9.17, 15) is 4.79 Å².